The fourth-order valence-corrected chi connectivity index (χ4v) is 8.38. The summed E-state index contributed by atoms with van der Waals surface area (Å²) < 4.78 is 69.5. The van der Waals surface area contributed by atoms with E-state index in [0.29, 0.717) is 0 Å². The number of fused-ring (bicyclic) bond motifs is 16. The zero-order chi connectivity index (χ0) is 42.2. The molecule has 2 amide bonds. The molecule has 9 rings (SSSR count). The second-order valence-electron chi connectivity index (χ2n) is 13.5. The van der Waals surface area contributed by atoms with Crippen LogP contribution in [0.1, 0.15) is 6.92 Å². The number of aliphatic hydroxyl groups is 2. The zero-order valence-electron chi connectivity index (χ0n) is 31.7. The molecule has 0 aromatic heterocycles. The number of hydrazine groups is 25. The number of amides is 2. The molecular formula is C19H43B2N22O15P2. The van der Waals surface area contributed by atoms with Gasteiger partial charge in [0.1, 0.15) is 56.8 Å². The Balaban J connectivity index is 0.919. The Kier molecular flexibility index (Phi) is 12.5. The van der Waals surface area contributed by atoms with Gasteiger partial charge in [0.15, 0.2) is 0 Å². The largest absolute Gasteiger partial charge is 0.474 e. The normalized spacial score (nSPS) is 43.5. The van der Waals surface area contributed by atoms with Gasteiger partial charge < -0.3 is 49.6 Å². The van der Waals surface area contributed by atoms with E-state index in [1.165, 1.54) is 38.1 Å². The summed E-state index contributed by atoms with van der Waals surface area (Å²) in [5.74, 6) is 0. The maximum Gasteiger partial charge on any atom is 0.474 e. The first kappa shape index (κ1) is 43.8. The maximum absolute atomic E-state index is 12.9. The number of urea groups is 1. The van der Waals surface area contributed by atoms with E-state index in [1.54, 1.807) is 26.1 Å². The third-order valence-corrected chi connectivity index (χ3v) is 11.8. The lowest BCUT2D eigenvalue weighted by Gasteiger charge is -2.84. The number of nitrogens with one attached hydrogen (secondary N) is 8. The molecule has 4 unspecified atom stereocenters. The third-order valence-electron chi connectivity index (χ3n) is 9.85. The van der Waals surface area contributed by atoms with Crippen LogP contribution < -0.4 is 43.8 Å². The number of nitrogens with zero attached hydrogens (tertiary/aromatic N) is 14. The summed E-state index contributed by atoms with van der Waals surface area (Å²) in [5.41, 5.74) is 17.3. The first-order chi connectivity index (χ1) is 28.7. The smallest absolute Gasteiger partial charge is 0.388 e. The van der Waals surface area contributed by atoms with Crippen LogP contribution in [-0.2, 0) is 46.2 Å². The average Bonchev–Trinajstić information content (AvgIpc) is 3.64. The molecule has 41 heteroatoms. The molecule has 335 valence electrons. The molecule has 60 heavy (non-hydrogen) atoms. The van der Waals surface area contributed by atoms with Crippen LogP contribution in [0.2, 0.25) is 0 Å². The first-order valence-electron chi connectivity index (χ1n) is 18.0. The van der Waals surface area contributed by atoms with Crippen molar-refractivity contribution >= 4 is 36.6 Å². The number of carbonyl (C=O) groups excluding carboxylic acids is 1. The Morgan fingerprint density at radius 3 is 2.08 bits per heavy atom. The molecule has 0 spiro atoms. The Hall–Kier alpha value is -1.42. The standard InChI is InChI=1S/C19H43B2N22O15P2/c1-11-14(44)17-12(56-11)6-51-9-32-33(34-26-24-25-27-36-37(29-28-35(32)34)41-40(36)42-38-30(2)31(3)39(38)43(41)42)10-52-16-13(57-18(21-20)15(16)45)7-54-59(47,48)53-5-4-22-19(46)23-8-55-60(49,50)58-17/h11-18,24-29,44-45H,4-10H2,1-3H3,(H,47,48)(H,49,50)(H2,22,23,46)/t11-,12?,13+,14-,15+,16+,17?,18+/m0/s1. The molecule has 0 aromatic rings. The van der Waals surface area contributed by atoms with Crippen LogP contribution in [0.5, 0.6) is 0 Å². The lowest BCUT2D eigenvalue weighted by Crippen LogP contribution is -3.14. The number of phosphoric ester groups is 2. The Bertz CT molecular complexity index is 1680. The van der Waals surface area contributed by atoms with Crippen LogP contribution in [0.3, 0.4) is 0 Å². The summed E-state index contributed by atoms with van der Waals surface area (Å²) in [6.07, 6.45) is -8.45. The van der Waals surface area contributed by atoms with Crippen molar-refractivity contribution in [3.8, 4) is 0 Å². The van der Waals surface area contributed by atoms with Crippen LogP contribution >= 0.6 is 15.6 Å². The van der Waals surface area contributed by atoms with Gasteiger partial charge >= 0.3 is 21.7 Å². The molecule has 12 N–H and O–H groups in total. The molecule has 9 fully saturated rings. The molecule has 10 atom stereocenters. The van der Waals surface area contributed by atoms with Crippen molar-refractivity contribution in [2.24, 2.45) is 0 Å². The molecule has 0 bridgehead atoms. The first-order valence-corrected chi connectivity index (χ1v) is 20.9. The van der Waals surface area contributed by atoms with E-state index >= 15 is 0 Å². The summed E-state index contributed by atoms with van der Waals surface area (Å²) in [7, 11) is 0.851. The SMILES string of the molecule is [B][B][C@@H]1O[C@@H]2COP(=O)(O)OCCNC(=O)NCOP(=O)(O)OC3C(COCN4N(CO[C@H]2[C@H]1O)N1NNNNN2N(NNN41)N1N2N2N4N(C)N(C)N4N12)O[C@@H](C)[C@@H]3O. The molecule has 9 heterocycles. The minimum Gasteiger partial charge on any atom is -0.388 e. The number of hydrogen-bond donors (Lipinski definition) is 12. The van der Waals surface area contributed by atoms with Crippen molar-refractivity contribution in [1.82, 2.24) is 117 Å². The number of carbonyl (C=O) groups is 1. The van der Waals surface area contributed by atoms with Crippen molar-refractivity contribution < 1.29 is 71.0 Å². The molecule has 0 aromatic carbocycles. The van der Waals surface area contributed by atoms with E-state index < -0.39 is 90.4 Å². The van der Waals surface area contributed by atoms with Crippen LogP contribution in [0.15, 0.2) is 0 Å². The summed E-state index contributed by atoms with van der Waals surface area (Å²) >= 11 is 0. The topological polar surface area (TPSA) is 348 Å². The summed E-state index contributed by atoms with van der Waals surface area (Å²) in [4.78, 5) is 32.9. The van der Waals surface area contributed by atoms with Gasteiger partial charge in [0.25, 0.3) is 0 Å². The van der Waals surface area contributed by atoms with E-state index in [1.807, 2.05) is 29.6 Å². The summed E-state index contributed by atoms with van der Waals surface area (Å²) in [6.45, 7) is -1.67. The quantitative estimate of drug-likeness (QED) is 0.0859. The Labute approximate surface area is 340 Å². The van der Waals surface area contributed by atoms with E-state index in [2.05, 4.69) is 43.8 Å². The van der Waals surface area contributed by atoms with Crippen molar-refractivity contribution in [3.05, 3.63) is 0 Å². The van der Waals surface area contributed by atoms with Crippen molar-refractivity contribution in [1.29, 1.82) is 0 Å². The minimum atomic E-state index is -4.92. The van der Waals surface area contributed by atoms with Crippen LogP contribution in [0, 0.1) is 0 Å². The predicted octanol–water partition coefficient (Wildman–Crippen LogP) is -9.79. The summed E-state index contributed by atoms with van der Waals surface area (Å²) in [5, 5.41) is 49.0. The zero-order valence-corrected chi connectivity index (χ0v) is 33.4. The molecular weight excluding hydrogens is 860 g/mol. The number of hydrogen-bond acceptors (Lipinski definition) is 33. The van der Waals surface area contributed by atoms with E-state index in [4.69, 9.17) is 44.8 Å². The molecule has 37 nitrogen and oxygen atoms in total. The predicted molar refractivity (Wildman–Crippen MR) is 182 cm³/mol. The van der Waals surface area contributed by atoms with Gasteiger partial charge in [0.2, 0.25) is 0 Å². The van der Waals surface area contributed by atoms with Gasteiger partial charge in [0.05, 0.1) is 33.1 Å². The molecule has 9 aliphatic heterocycles. The molecule has 9 saturated heterocycles. The van der Waals surface area contributed by atoms with Gasteiger partial charge in [-0.2, -0.15) is 11.1 Å². The highest BCUT2D eigenvalue weighted by atomic mass is 31.2. The van der Waals surface area contributed by atoms with Crippen molar-refractivity contribution in [2.75, 3.05) is 60.7 Å². The molecule has 9 aliphatic rings. The fourth-order valence-electron chi connectivity index (χ4n) is 6.79. The van der Waals surface area contributed by atoms with Gasteiger partial charge in [-0.15, -0.1) is 32.4 Å². The van der Waals surface area contributed by atoms with Crippen LogP contribution in [0.25, 0.3) is 0 Å². The van der Waals surface area contributed by atoms with Crippen molar-refractivity contribution in [2.45, 2.75) is 55.7 Å². The Morgan fingerprint density at radius 2 is 1.37 bits per heavy atom. The van der Waals surface area contributed by atoms with Crippen molar-refractivity contribution in [3.63, 3.8) is 0 Å². The minimum absolute atomic E-state index is 0.302. The monoisotopic (exact) mass is 903 g/mol. The molecule has 3 radical (unpaired) electrons. The summed E-state index contributed by atoms with van der Waals surface area (Å²) in [6, 6.07) is -1.95. The Morgan fingerprint density at radius 1 is 0.733 bits per heavy atom. The highest BCUT2D eigenvalue weighted by Gasteiger charge is 2.80. The van der Waals surface area contributed by atoms with Crippen LogP contribution in [-0.4, -0.2) is 223 Å². The molecule has 0 saturated carbocycles. The number of phosphoric acid groups is 2. The highest BCUT2D eigenvalue weighted by Crippen LogP contribution is 2.50. The lowest BCUT2D eigenvalue weighted by molar-refractivity contribution is -0.953. The average molecular weight is 903 g/mol. The second kappa shape index (κ2) is 17.2. The van der Waals surface area contributed by atoms with Gasteiger partial charge in [0, 0.05) is 34.4 Å². The number of aliphatic hydroxyl groups excluding tert-OH is 2. The third kappa shape index (κ3) is 7.81. The maximum atomic E-state index is 12.9. The van der Waals surface area contributed by atoms with E-state index in [0.717, 1.165) is 7.17 Å². The number of rotatable bonds is 1. The van der Waals surface area contributed by atoms with Gasteiger partial charge in [-0.1, -0.05) is 10.2 Å². The van der Waals surface area contributed by atoms with E-state index in [9.17, 15) is 33.9 Å². The molecule has 0 aliphatic carbocycles. The lowest BCUT2D eigenvalue weighted by atomic mass is 9.50. The number of ether oxygens (including phenoxy) is 4. The fraction of sp³-hybridized carbons (Fsp3) is 0.947. The van der Waals surface area contributed by atoms with Gasteiger partial charge in [-0.3, -0.25) is 18.1 Å². The van der Waals surface area contributed by atoms with Gasteiger partial charge in [-0.05, 0) is 59.2 Å². The second-order valence-corrected chi connectivity index (χ2v) is 16.3. The van der Waals surface area contributed by atoms with Gasteiger partial charge in [-0.25, -0.2) is 13.9 Å². The highest BCUT2D eigenvalue weighted by molar-refractivity contribution is 7.47. The van der Waals surface area contributed by atoms with Crippen LogP contribution in [0.4, 0.5) is 4.79 Å². The van der Waals surface area contributed by atoms with E-state index in [-0.39, 0.29) is 26.6 Å².